The number of nitrogens with zero attached hydrogens (tertiary/aromatic N) is 2. The molecule has 1 heterocycles. The average molecular weight is 444 g/mol. The molecule has 1 aromatic heterocycles. The van der Waals surface area contributed by atoms with Gasteiger partial charge in [0.1, 0.15) is 5.75 Å². The molecule has 31 heavy (non-hydrogen) atoms. The molecule has 3 aromatic rings. The Labute approximate surface area is 189 Å². The Kier molecular flexibility index (Phi) is 9.15. The number of halogens is 1. The Morgan fingerprint density at radius 3 is 2.45 bits per heavy atom. The number of hydrogen-bond donors (Lipinski definition) is 3. The normalized spacial score (nSPS) is 11.5. The molecule has 7 heteroatoms. The van der Waals surface area contributed by atoms with Crippen molar-refractivity contribution in [3.63, 3.8) is 0 Å². The van der Waals surface area contributed by atoms with Crippen molar-refractivity contribution in [2.45, 2.75) is 25.7 Å². The molecular weight excluding hydrogens is 410 g/mol. The fourth-order valence-electron chi connectivity index (χ4n) is 3.86. The van der Waals surface area contributed by atoms with Crippen molar-refractivity contribution in [2.75, 3.05) is 51.7 Å². The molecule has 0 aliphatic heterocycles. The van der Waals surface area contributed by atoms with Crippen LogP contribution in [-0.4, -0.2) is 56.3 Å². The molecule has 0 radical (unpaired) electrons. The molecule has 0 saturated heterocycles. The van der Waals surface area contributed by atoms with Crippen molar-refractivity contribution in [3.8, 4) is 5.75 Å². The van der Waals surface area contributed by atoms with Gasteiger partial charge in [0, 0.05) is 22.3 Å². The summed E-state index contributed by atoms with van der Waals surface area (Å²) < 4.78 is 5.45. The second kappa shape index (κ2) is 12.1. The van der Waals surface area contributed by atoms with Crippen LogP contribution in [0.3, 0.4) is 0 Å². The fraction of sp³-hybridized carbons (Fsp3) is 0.458. The lowest BCUT2D eigenvalue weighted by Crippen LogP contribution is -2.30. The topological polar surface area (TPSA) is 89.4 Å². The number of anilines is 1. The van der Waals surface area contributed by atoms with E-state index in [2.05, 4.69) is 10.2 Å². The molecule has 0 saturated carbocycles. The number of ether oxygens (including phenoxy) is 1. The van der Waals surface area contributed by atoms with Crippen LogP contribution in [0.4, 0.5) is 5.69 Å². The lowest BCUT2D eigenvalue weighted by molar-refractivity contribution is 0.266. The summed E-state index contributed by atoms with van der Waals surface area (Å²) in [5, 5.41) is 6.47. The third kappa shape index (κ3) is 6.43. The van der Waals surface area contributed by atoms with Gasteiger partial charge >= 0.3 is 0 Å². The third-order valence-corrected chi connectivity index (χ3v) is 5.74. The highest BCUT2D eigenvalue weighted by atomic mass is 35.5. The van der Waals surface area contributed by atoms with E-state index in [9.17, 15) is 0 Å². The second-order valence-electron chi connectivity index (χ2n) is 7.79. The van der Waals surface area contributed by atoms with Crippen molar-refractivity contribution >= 4 is 39.1 Å². The van der Waals surface area contributed by atoms with Gasteiger partial charge in [0.15, 0.2) is 0 Å². The molecule has 2 aromatic carbocycles. The van der Waals surface area contributed by atoms with E-state index in [1.165, 1.54) is 0 Å². The largest absolute Gasteiger partial charge is 0.497 e. The number of benzene rings is 2. The second-order valence-corrected chi connectivity index (χ2v) is 8.23. The lowest BCUT2D eigenvalue weighted by Gasteiger charge is -2.22. The maximum Gasteiger partial charge on any atom is 0.119 e. The number of nitrogens with two attached hydrogens (primary N) is 2. The molecule has 0 aliphatic rings. The van der Waals surface area contributed by atoms with Crippen LogP contribution < -0.4 is 21.5 Å². The number of aromatic nitrogens is 1. The van der Waals surface area contributed by atoms with Crippen LogP contribution in [-0.2, 0) is 0 Å². The first-order valence-electron chi connectivity index (χ1n) is 11.1. The Morgan fingerprint density at radius 1 is 0.903 bits per heavy atom. The van der Waals surface area contributed by atoms with Gasteiger partial charge in [-0.05, 0) is 94.8 Å². The summed E-state index contributed by atoms with van der Waals surface area (Å²) in [4.78, 5) is 7.29. The van der Waals surface area contributed by atoms with Crippen LogP contribution >= 0.6 is 11.6 Å². The molecule has 3 rings (SSSR count). The minimum absolute atomic E-state index is 0.687. The van der Waals surface area contributed by atoms with Gasteiger partial charge in [0.05, 0.1) is 23.8 Å². The highest BCUT2D eigenvalue weighted by molar-refractivity contribution is 6.31. The summed E-state index contributed by atoms with van der Waals surface area (Å²) in [5.74, 6) is 0.818. The minimum atomic E-state index is 0.687. The SMILES string of the molecule is COc1ccc2nc3cc(Cl)ccc3c(NCCCN(CCCN)CCCCN)c2c1. The predicted octanol–water partition coefficient (Wildman–Crippen LogP) is 4.24. The predicted molar refractivity (Wildman–Crippen MR) is 132 cm³/mol. The molecule has 0 spiro atoms. The monoisotopic (exact) mass is 443 g/mol. The van der Waals surface area contributed by atoms with Gasteiger partial charge in [-0.15, -0.1) is 0 Å². The standard InChI is InChI=1S/C24H34ClN5O/c1-31-19-7-9-22-21(17-19)24(20-8-6-18(25)16-23(20)29-22)28-12-5-15-30(14-4-11-27)13-3-2-10-26/h6-9,16-17H,2-5,10-15,26-27H2,1H3,(H,28,29). The number of unbranched alkanes of at least 4 members (excludes halogenated alkanes) is 1. The van der Waals surface area contributed by atoms with E-state index in [4.69, 9.17) is 32.8 Å². The van der Waals surface area contributed by atoms with Gasteiger partial charge in [-0.3, -0.25) is 0 Å². The molecule has 6 nitrogen and oxygen atoms in total. The molecule has 0 fully saturated rings. The zero-order chi connectivity index (χ0) is 22.1. The third-order valence-electron chi connectivity index (χ3n) is 5.50. The summed E-state index contributed by atoms with van der Waals surface area (Å²) in [6, 6.07) is 11.8. The first-order chi connectivity index (χ1) is 15.2. The molecule has 5 N–H and O–H groups in total. The number of nitrogens with one attached hydrogen (secondary N) is 1. The van der Waals surface area contributed by atoms with Crippen LogP contribution in [0, 0.1) is 0 Å². The van der Waals surface area contributed by atoms with E-state index in [1.54, 1.807) is 7.11 Å². The van der Waals surface area contributed by atoms with Crippen molar-refractivity contribution in [1.82, 2.24) is 9.88 Å². The van der Waals surface area contributed by atoms with E-state index in [0.29, 0.717) is 5.02 Å². The van der Waals surface area contributed by atoms with E-state index in [1.807, 2.05) is 36.4 Å². The molecule has 0 unspecified atom stereocenters. The van der Waals surface area contributed by atoms with Gasteiger partial charge in [0.25, 0.3) is 0 Å². The first kappa shape index (κ1) is 23.5. The Bertz CT molecular complexity index is 981. The molecule has 168 valence electrons. The zero-order valence-corrected chi connectivity index (χ0v) is 19.1. The van der Waals surface area contributed by atoms with E-state index in [-0.39, 0.29) is 0 Å². The van der Waals surface area contributed by atoms with Crippen molar-refractivity contribution in [3.05, 3.63) is 41.4 Å². The van der Waals surface area contributed by atoms with Crippen LogP contribution in [0.2, 0.25) is 5.02 Å². The van der Waals surface area contributed by atoms with Crippen molar-refractivity contribution in [1.29, 1.82) is 0 Å². The van der Waals surface area contributed by atoms with Crippen molar-refractivity contribution in [2.24, 2.45) is 11.5 Å². The number of hydrogen-bond acceptors (Lipinski definition) is 6. The van der Waals surface area contributed by atoms with Crippen LogP contribution in [0.15, 0.2) is 36.4 Å². The van der Waals surface area contributed by atoms with Gasteiger partial charge in [-0.1, -0.05) is 11.6 Å². The van der Waals surface area contributed by atoms with Crippen LogP contribution in [0.5, 0.6) is 5.75 Å². The highest BCUT2D eigenvalue weighted by Crippen LogP contribution is 2.34. The van der Waals surface area contributed by atoms with E-state index < -0.39 is 0 Å². The number of methoxy groups -OCH3 is 1. The highest BCUT2D eigenvalue weighted by Gasteiger charge is 2.11. The van der Waals surface area contributed by atoms with Gasteiger partial charge < -0.3 is 26.4 Å². The van der Waals surface area contributed by atoms with E-state index >= 15 is 0 Å². The van der Waals surface area contributed by atoms with E-state index in [0.717, 1.165) is 98.2 Å². The summed E-state index contributed by atoms with van der Waals surface area (Å²) >= 11 is 6.22. The minimum Gasteiger partial charge on any atom is -0.497 e. The number of rotatable bonds is 13. The van der Waals surface area contributed by atoms with Gasteiger partial charge in [-0.25, -0.2) is 4.98 Å². The first-order valence-corrected chi connectivity index (χ1v) is 11.5. The fourth-order valence-corrected chi connectivity index (χ4v) is 4.03. The Hall–Kier alpha value is -2.12. The zero-order valence-electron chi connectivity index (χ0n) is 18.4. The summed E-state index contributed by atoms with van der Waals surface area (Å²) in [5.41, 5.74) is 14.3. The number of fused-ring (bicyclic) bond motifs is 2. The molecule has 0 atom stereocenters. The Balaban J connectivity index is 1.75. The summed E-state index contributed by atoms with van der Waals surface area (Å²) in [6.07, 6.45) is 4.26. The lowest BCUT2D eigenvalue weighted by atomic mass is 10.1. The van der Waals surface area contributed by atoms with Crippen LogP contribution in [0.1, 0.15) is 25.7 Å². The summed E-state index contributed by atoms with van der Waals surface area (Å²) in [7, 11) is 1.68. The number of pyridine rings is 1. The quantitative estimate of drug-likeness (QED) is 0.270. The van der Waals surface area contributed by atoms with Gasteiger partial charge in [0.2, 0.25) is 0 Å². The van der Waals surface area contributed by atoms with Gasteiger partial charge in [-0.2, -0.15) is 0 Å². The molecule has 0 amide bonds. The van der Waals surface area contributed by atoms with Crippen molar-refractivity contribution < 1.29 is 4.74 Å². The molecular formula is C24H34ClN5O. The Morgan fingerprint density at radius 2 is 1.68 bits per heavy atom. The average Bonchev–Trinajstić information content (AvgIpc) is 2.78. The molecule has 0 aliphatic carbocycles. The smallest absolute Gasteiger partial charge is 0.119 e. The maximum absolute atomic E-state index is 6.22. The molecule has 0 bridgehead atoms. The maximum atomic E-state index is 6.22. The van der Waals surface area contributed by atoms with Crippen LogP contribution in [0.25, 0.3) is 21.8 Å². The summed E-state index contributed by atoms with van der Waals surface area (Å²) in [6.45, 7) is 5.50.